The molecular weight excluding hydrogens is 1010 g/mol. The lowest BCUT2D eigenvalue weighted by atomic mass is 9.68. The van der Waals surface area contributed by atoms with E-state index in [1.807, 2.05) is 0 Å². The fourth-order valence-corrected chi connectivity index (χ4v) is 13.4. The molecule has 0 atom stereocenters. The van der Waals surface area contributed by atoms with Crippen molar-refractivity contribution in [3.8, 4) is 67.7 Å². The second-order valence-electron chi connectivity index (χ2n) is 21.9. The molecule has 0 fully saturated rings. The second-order valence-corrected chi connectivity index (χ2v) is 21.9. The number of allylic oxidation sites excluding steroid dienone is 1. The molecule has 0 amide bonds. The molecule has 0 aliphatic carbocycles. The van der Waals surface area contributed by atoms with Crippen molar-refractivity contribution in [1.82, 2.24) is 19.1 Å². The average molecular weight is 1070 g/mol. The van der Waals surface area contributed by atoms with Gasteiger partial charge in [0.1, 0.15) is 0 Å². The monoisotopic (exact) mass is 1070 g/mol. The summed E-state index contributed by atoms with van der Waals surface area (Å²) in [5.41, 5.74) is 22.9. The summed E-state index contributed by atoms with van der Waals surface area (Å²) in [6, 6.07) is 94.3. The van der Waals surface area contributed by atoms with Crippen molar-refractivity contribution in [2.45, 2.75) is 39.0 Å². The van der Waals surface area contributed by atoms with Gasteiger partial charge in [0, 0.05) is 67.4 Å². The summed E-state index contributed by atoms with van der Waals surface area (Å²) < 4.78 is 7.04. The highest BCUT2D eigenvalue weighted by Crippen LogP contribution is 2.49. The summed E-state index contributed by atoms with van der Waals surface area (Å²) in [5.74, 6) is 0.633. The van der Waals surface area contributed by atoms with Crippen molar-refractivity contribution < 1.29 is 4.57 Å². The Kier molecular flexibility index (Phi) is 11.9. The van der Waals surface area contributed by atoms with Gasteiger partial charge in [-0.25, -0.2) is 9.97 Å². The maximum Gasteiger partial charge on any atom is 0.235 e. The highest BCUT2D eigenvalue weighted by atomic mass is 15.2. The molecule has 0 unspecified atom stereocenters. The molecule has 0 radical (unpaired) electrons. The van der Waals surface area contributed by atoms with E-state index in [-0.39, 0.29) is 5.41 Å². The molecule has 1 aliphatic heterocycles. The number of pyridine rings is 1. The molecule has 6 nitrogen and oxygen atoms in total. The van der Waals surface area contributed by atoms with Crippen LogP contribution in [-0.4, -0.2) is 19.1 Å². The molecule has 5 heterocycles. The van der Waals surface area contributed by atoms with E-state index in [1.165, 1.54) is 27.5 Å². The number of hydrogen-bond acceptors (Lipinski definition) is 3. The molecule has 15 rings (SSSR count). The van der Waals surface area contributed by atoms with Crippen LogP contribution in [0.2, 0.25) is 0 Å². The van der Waals surface area contributed by atoms with Crippen LogP contribution in [-0.2, 0) is 5.41 Å². The number of rotatable bonds is 11. The first-order valence-electron chi connectivity index (χ1n) is 28.9. The summed E-state index contributed by atoms with van der Waals surface area (Å²) in [6.45, 7) is 11.6. The highest BCUT2D eigenvalue weighted by Gasteiger charge is 2.46. The standard InChI is InChI=1S/C77H59N6/c1-5-77(6-2)52(4)80-44-43-62(81(59-31-16-9-17-32-59)60-33-18-10-19-34-60)48-71(80)67-47-57(39-41-68(67)77)55-29-24-30-56(45-55)58-40-42-70-64(46-58)66-49-65-63-37-22-23-38-69(63)83(73(65)50-72(66)82(70)61-35-20-11-21-36-61)76-78-74(53-25-12-7-13-26-53)51(3)75(79-76)54-27-14-8-15-28-54/h7-50H,4-6H2,1-3H3/q+1. The SMILES string of the molecule is C=C1[n+]2ccc(N(c3ccccc3)c3ccccc3)cc2-c2cc(-c3cccc(-c4ccc5c(c4)c4cc6c7ccccc7n(-c7nc(-c8ccccc8)c(C)c(-c8ccccc8)n7)c6cc4n5-c4ccccc4)c3)ccc2C1(CC)CC. The minimum absolute atomic E-state index is 0.214. The smallest absolute Gasteiger partial charge is 0.235 e. The molecule has 396 valence electrons. The number of benzene rings is 10. The van der Waals surface area contributed by atoms with Crippen molar-refractivity contribution >= 4 is 66.4 Å². The van der Waals surface area contributed by atoms with Crippen LogP contribution < -0.4 is 9.47 Å². The van der Waals surface area contributed by atoms with Gasteiger partial charge in [-0.3, -0.25) is 4.57 Å². The van der Waals surface area contributed by atoms with Crippen LogP contribution in [0.15, 0.2) is 274 Å². The van der Waals surface area contributed by atoms with Crippen LogP contribution in [0, 0.1) is 6.92 Å². The molecule has 4 aromatic heterocycles. The van der Waals surface area contributed by atoms with Gasteiger partial charge in [-0.15, -0.1) is 0 Å². The molecule has 0 saturated carbocycles. The zero-order chi connectivity index (χ0) is 55.8. The summed E-state index contributed by atoms with van der Waals surface area (Å²) in [7, 11) is 0. The van der Waals surface area contributed by atoms with Crippen molar-refractivity contribution in [2.75, 3.05) is 4.90 Å². The number of aromatic nitrogens is 5. The molecule has 14 aromatic rings. The van der Waals surface area contributed by atoms with E-state index in [4.69, 9.17) is 16.5 Å². The summed E-state index contributed by atoms with van der Waals surface area (Å²) in [6.07, 6.45) is 4.13. The topological polar surface area (TPSA) is 42.8 Å². The third-order valence-corrected chi connectivity index (χ3v) is 17.6. The summed E-state index contributed by atoms with van der Waals surface area (Å²) in [4.78, 5) is 13.3. The summed E-state index contributed by atoms with van der Waals surface area (Å²) in [5, 5.41) is 4.65. The van der Waals surface area contributed by atoms with E-state index in [0.717, 1.165) is 125 Å². The molecule has 0 bridgehead atoms. The van der Waals surface area contributed by atoms with E-state index in [2.05, 4.69) is 306 Å². The molecule has 83 heavy (non-hydrogen) atoms. The first kappa shape index (κ1) is 49.6. The van der Waals surface area contributed by atoms with Gasteiger partial charge >= 0.3 is 0 Å². The Morgan fingerprint density at radius 2 is 0.928 bits per heavy atom. The first-order chi connectivity index (χ1) is 40.9. The van der Waals surface area contributed by atoms with Crippen molar-refractivity contribution in [2.24, 2.45) is 0 Å². The van der Waals surface area contributed by atoms with Gasteiger partial charge in [0.15, 0.2) is 11.9 Å². The van der Waals surface area contributed by atoms with E-state index in [1.54, 1.807) is 0 Å². The van der Waals surface area contributed by atoms with Crippen LogP contribution in [0.25, 0.3) is 117 Å². The Morgan fingerprint density at radius 3 is 1.57 bits per heavy atom. The number of hydrogen-bond donors (Lipinski definition) is 0. The number of para-hydroxylation sites is 4. The lowest BCUT2D eigenvalue weighted by molar-refractivity contribution is -0.577. The van der Waals surface area contributed by atoms with Gasteiger partial charge < -0.3 is 9.47 Å². The van der Waals surface area contributed by atoms with Crippen LogP contribution in [0.1, 0.15) is 37.8 Å². The van der Waals surface area contributed by atoms with Crippen LogP contribution >= 0.6 is 0 Å². The van der Waals surface area contributed by atoms with Gasteiger partial charge in [-0.2, -0.15) is 4.57 Å². The quantitative estimate of drug-likeness (QED) is 0.121. The Balaban J connectivity index is 0.888. The van der Waals surface area contributed by atoms with Crippen LogP contribution in [0.3, 0.4) is 0 Å². The van der Waals surface area contributed by atoms with Gasteiger partial charge in [0.05, 0.1) is 50.1 Å². The molecule has 1 aliphatic rings. The van der Waals surface area contributed by atoms with E-state index < -0.39 is 0 Å². The second kappa shape index (κ2) is 20.0. The van der Waals surface area contributed by atoms with Crippen LogP contribution in [0.5, 0.6) is 0 Å². The molecule has 10 aromatic carbocycles. The van der Waals surface area contributed by atoms with E-state index >= 15 is 0 Å². The number of fused-ring (bicyclic) bond motifs is 9. The zero-order valence-electron chi connectivity index (χ0n) is 46.7. The van der Waals surface area contributed by atoms with E-state index in [0.29, 0.717) is 5.95 Å². The molecule has 0 N–H and O–H groups in total. The predicted octanol–water partition coefficient (Wildman–Crippen LogP) is 19.6. The fourth-order valence-electron chi connectivity index (χ4n) is 13.4. The Bertz CT molecular complexity index is 4730. The third kappa shape index (κ3) is 8.04. The average Bonchev–Trinajstić information content (AvgIpc) is 3.14. The van der Waals surface area contributed by atoms with Crippen molar-refractivity contribution in [3.63, 3.8) is 0 Å². The largest absolute Gasteiger partial charge is 0.310 e. The minimum atomic E-state index is -0.214. The highest BCUT2D eigenvalue weighted by molar-refractivity contribution is 6.19. The zero-order valence-corrected chi connectivity index (χ0v) is 46.7. The van der Waals surface area contributed by atoms with Gasteiger partial charge in [-0.1, -0.05) is 184 Å². The van der Waals surface area contributed by atoms with Gasteiger partial charge in [0.25, 0.3) is 0 Å². The Labute approximate surface area is 483 Å². The Morgan fingerprint density at radius 1 is 0.422 bits per heavy atom. The number of anilines is 3. The Hall–Kier alpha value is -10.4. The van der Waals surface area contributed by atoms with Gasteiger partial charge in [-0.05, 0) is 133 Å². The fraction of sp³-hybridized carbons (Fsp3) is 0.0779. The van der Waals surface area contributed by atoms with Crippen LogP contribution in [0.4, 0.5) is 17.1 Å². The first-order valence-corrected chi connectivity index (χ1v) is 28.9. The minimum Gasteiger partial charge on any atom is -0.310 e. The van der Waals surface area contributed by atoms with Crippen molar-refractivity contribution in [3.05, 3.63) is 285 Å². The summed E-state index contributed by atoms with van der Waals surface area (Å²) >= 11 is 0. The lowest BCUT2D eigenvalue weighted by Crippen LogP contribution is -2.48. The predicted molar refractivity (Wildman–Crippen MR) is 345 cm³/mol. The lowest BCUT2D eigenvalue weighted by Gasteiger charge is -2.36. The molecule has 0 spiro atoms. The number of nitrogens with zero attached hydrogens (tertiary/aromatic N) is 6. The normalized spacial score (nSPS) is 12.7. The third-order valence-electron chi connectivity index (χ3n) is 17.6. The molecule has 0 saturated heterocycles. The van der Waals surface area contributed by atoms with Crippen molar-refractivity contribution in [1.29, 1.82) is 0 Å². The molecule has 6 heteroatoms. The van der Waals surface area contributed by atoms with E-state index in [9.17, 15) is 0 Å². The molecular formula is C77H59N6+. The maximum absolute atomic E-state index is 5.47. The maximum atomic E-state index is 5.47. The van der Waals surface area contributed by atoms with Gasteiger partial charge in [0.2, 0.25) is 11.6 Å².